The van der Waals surface area contributed by atoms with Gasteiger partial charge in [0.15, 0.2) is 5.78 Å². The molecule has 0 aliphatic rings. The molecule has 1 unspecified atom stereocenters. The highest BCUT2D eigenvalue weighted by Crippen LogP contribution is 2.14. The summed E-state index contributed by atoms with van der Waals surface area (Å²) in [5, 5.41) is 9.11. The van der Waals surface area contributed by atoms with Gasteiger partial charge in [-0.3, -0.25) is 9.59 Å². The fourth-order valence-electron chi connectivity index (χ4n) is 1.94. The molecule has 0 amide bonds. The number of ketones is 1. The quantitative estimate of drug-likeness (QED) is 0.677. The van der Waals surface area contributed by atoms with Crippen molar-refractivity contribution in [3.05, 3.63) is 29.8 Å². The first-order valence-corrected chi connectivity index (χ1v) is 8.68. The molecule has 0 aromatic heterocycles. The summed E-state index contributed by atoms with van der Waals surface area (Å²) in [6.07, 6.45) is 1.86. The fraction of sp³-hybridized carbons (Fsp3) is 0.467. The van der Waals surface area contributed by atoms with Crippen molar-refractivity contribution in [3.63, 3.8) is 0 Å². The summed E-state index contributed by atoms with van der Waals surface area (Å²) >= 11 is 0. The molecule has 0 bridgehead atoms. The average Bonchev–Trinajstić information content (AvgIpc) is 2.50. The predicted molar refractivity (Wildman–Crippen MR) is 82.3 cm³/mol. The van der Waals surface area contributed by atoms with Crippen LogP contribution in [0.4, 0.5) is 0 Å². The van der Waals surface area contributed by atoms with Crippen LogP contribution >= 0.6 is 0 Å². The molecule has 1 atom stereocenters. The molecule has 0 saturated carbocycles. The lowest BCUT2D eigenvalue weighted by atomic mass is 10.1. The van der Waals surface area contributed by atoms with Gasteiger partial charge in [-0.1, -0.05) is 38.8 Å². The molecule has 6 nitrogen and oxygen atoms in total. The molecule has 1 aromatic rings. The molecule has 0 radical (unpaired) electrons. The van der Waals surface area contributed by atoms with Crippen LogP contribution in [0.1, 0.15) is 49.9 Å². The molecule has 1 aromatic carbocycles. The minimum absolute atomic E-state index is 0.102. The second kappa shape index (κ2) is 8.05. The van der Waals surface area contributed by atoms with Crippen LogP contribution in [-0.2, 0) is 14.8 Å². The number of carboxylic acids is 1. The molecule has 22 heavy (non-hydrogen) atoms. The van der Waals surface area contributed by atoms with Crippen molar-refractivity contribution in [2.75, 3.05) is 0 Å². The maximum Gasteiger partial charge on any atom is 0.321 e. The number of aliphatic carboxylic acids is 1. The van der Waals surface area contributed by atoms with Crippen molar-refractivity contribution in [1.29, 1.82) is 0 Å². The Morgan fingerprint density at radius 1 is 1.27 bits per heavy atom. The number of benzene rings is 1. The molecule has 7 heteroatoms. The Morgan fingerprint density at radius 3 is 2.50 bits per heavy atom. The van der Waals surface area contributed by atoms with E-state index in [0.29, 0.717) is 12.0 Å². The monoisotopic (exact) mass is 327 g/mol. The maximum atomic E-state index is 12.3. The minimum atomic E-state index is -3.98. The zero-order valence-corrected chi connectivity index (χ0v) is 13.5. The molecule has 0 heterocycles. The Bertz CT molecular complexity index is 639. The molecular formula is C15H21NO5S. The Balaban J connectivity index is 3.02. The summed E-state index contributed by atoms with van der Waals surface area (Å²) < 4.78 is 26.8. The summed E-state index contributed by atoms with van der Waals surface area (Å²) in [5.74, 6) is -1.38. The zero-order valence-electron chi connectivity index (χ0n) is 12.7. The number of hydrogen-bond donors (Lipinski definition) is 2. The van der Waals surface area contributed by atoms with Crippen LogP contribution < -0.4 is 4.72 Å². The van der Waals surface area contributed by atoms with E-state index in [1.807, 2.05) is 6.92 Å². The van der Waals surface area contributed by atoms with Crippen molar-refractivity contribution < 1.29 is 23.1 Å². The summed E-state index contributed by atoms with van der Waals surface area (Å²) in [6.45, 7) is 3.58. The van der Waals surface area contributed by atoms with E-state index in [1.54, 1.807) is 6.92 Å². The summed E-state index contributed by atoms with van der Waals surface area (Å²) in [4.78, 5) is 22.7. The van der Waals surface area contributed by atoms with Gasteiger partial charge in [-0.25, -0.2) is 8.42 Å². The Morgan fingerprint density at radius 2 is 1.95 bits per heavy atom. The van der Waals surface area contributed by atoms with Gasteiger partial charge in [0.05, 0.1) is 4.90 Å². The number of nitrogens with one attached hydrogen (secondary N) is 1. The van der Waals surface area contributed by atoms with E-state index in [2.05, 4.69) is 4.72 Å². The van der Waals surface area contributed by atoms with Crippen molar-refractivity contribution >= 4 is 21.8 Å². The number of rotatable bonds is 9. The van der Waals surface area contributed by atoms with Crippen molar-refractivity contribution in [2.24, 2.45) is 0 Å². The largest absolute Gasteiger partial charge is 0.480 e. The van der Waals surface area contributed by atoms with Crippen LogP contribution in [-0.4, -0.2) is 31.3 Å². The molecule has 0 aliphatic carbocycles. The number of unbranched alkanes of at least 4 members (excludes halogenated alkanes) is 1. The number of Topliss-reactive ketones (excluding diaryl/α,β-unsaturated/α-hetero) is 1. The van der Waals surface area contributed by atoms with Gasteiger partial charge in [0.1, 0.15) is 6.04 Å². The normalized spacial score (nSPS) is 12.8. The molecule has 2 N–H and O–H groups in total. The molecule has 0 saturated heterocycles. The maximum absolute atomic E-state index is 12.3. The number of hydrogen-bond acceptors (Lipinski definition) is 4. The van der Waals surface area contributed by atoms with Crippen molar-refractivity contribution in [1.82, 2.24) is 4.72 Å². The average molecular weight is 327 g/mol. The number of carbonyl (C=O) groups excluding carboxylic acids is 1. The van der Waals surface area contributed by atoms with Gasteiger partial charge in [0, 0.05) is 12.0 Å². The second-order valence-electron chi connectivity index (χ2n) is 4.96. The van der Waals surface area contributed by atoms with Gasteiger partial charge in [0.2, 0.25) is 10.0 Å². The standard InChI is InChI=1S/C15H21NO5S/c1-3-5-9-13(15(18)19)16-22(20,21)12-8-6-7-11(10-12)14(17)4-2/h6-8,10,13,16H,3-5,9H2,1-2H3,(H,18,19). The highest BCUT2D eigenvalue weighted by molar-refractivity contribution is 7.89. The molecule has 0 spiro atoms. The predicted octanol–water partition coefficient (Wildman–Crippen LogP) is 2.20. The van der Waals surface area contributed by atoms with Gasteiger partial charge in [-0.05, 0) is 18.6 Å². The van der Waals surface area contributed by atoms with Crippen LogP contribution in [0.25, 0.3) is 0 Å². The minimum Gasteiger partial charge on any atom is -0.480 e. The smallest absolute Gasteiger partial charge is 0.321 e. The fourth-order valence-corrected chi connectivity index (χ4v) is 3.21. The first kappa shape index (κ1) is 18.3. The lowest BCUT2D eigenvalue weighted by Crippen LogP contribution is -2.40. The van der Waals surface area contributed by atoms with Crippen LogP contribution in [0, 0.1) is 0 Å². The topological polar surface area (TPSA) is 101 Å². The van der Waals surface area contributed by atoms with Gasteiger partial charge >= 0.3 is 5.97 Å². The Labute approximate surface area is 130 Å². The third-order valence-corrected chi connectivity index (χ3v) is 4.70. The summed E-state index contributed by atoms with van der Waals surface area (Å²) in [7, 11) is -3.98. The van der Waals surface area contributed by atoms with E-state index in [4.69, 9.17) is 5.11 Å². The van der Waals surface area contributed by atoms with Gasteiger partial charge in [0.25, 0.3) is 0 Å². The second-order valence-corrected chi connectivity index (χ2v) is 6.67. The van der Waals surface area contributed by atoms with Crippen LogP contribution in [0.5, 0.6) is 0 Å². The van der Waals surface area contributed by atoms with Crippen molar-refractivity contribution in [3.8, 4) is 0 Å². The van der Waals surface area contributed by atoms with Gasteiger partial charge < -0.3 is 5.11 Å². The number of carbonyl (C=O) groups is 2. The van der Waals surface area contributed by atoms with Gasteiger partial charge in [-0.2, -0.15) is 4.72 Å². The highest BCUT2D eigenvalue weighted by Gasteiger charge is 2.25. The van der Waals surface area contributed by atoms with Crippen LogP contribution in [0.2, 0.25) is 0 Å². The lowest BCUT2D eigenvalue weighted by molar-refractivity contribution is -0.139. The number of carboxylic acid groups (broad SMARTS) is 1. The third-order valence-electron chi connectivity index (χ3n) is 3.23. The molecule has 1 rings (SSSR count). The van der Waals surface area contributed by atoms with Crippen molar-refractivity contribution in [2.45, 2.75) is 50.5 Å². The third kappa shape index (κ3) is 4.92. The van der Waals surface area contributed by atoms with E-state index in [0.717, 1.165) is 6.42 Å². The first-order chi connectivity index (χ1) is 10.3. The molecule has 122 valence electrons. The van der Waals surface area contributed by atoms with Gasteiger partial charge in [-0.15, -0.1) is 0 Å². The zero-order chi connectivity index (χ0) is 16.8. The van der Waals surface area contributed by atoms with E-state index in [1.165, 1.54) is 24.3 Å². The number of sulfonamides is 1. The Kier molecular flexibility index (Phi) is 6.70. The van der Waals surface area contributed by atoms with E-state index < -0.39 is 22.0 Å². The highest BCUT2D eigenvalue weighted by atomic mass is 32.2. The molecule has 0 aliphatic heterocycles. The summed E-state index contributed by atoms with van der Waals surface area (Å²) in [6, 6.07) is 4.45. The van der Waals surface area contributed by atoms with Crippen LogP contribution in [0.3, 0.4) is 0 Å². The van der Waals surface area contributed by atoms with Crippen LogP contribution in [0.15, 0.2) is 29.2 Å². The lowest BCUT2D eigenvalue weighted by Gasteiger charge is -2.14. The first-order valence-electron chi connectivity index (χ1n) is 7.20. The van der Waals surface area contributed by atoms with E-state index in [-0.39, 0.29) is 23.5 Å². The SMILES string of the molecule is CCCCC(NS(=O)(=O)c1cccc(C(=O)CC)c1)C(=O)O. The molecule has 0 fully saturated rings. The summed E-state index contributed by atoms with van der Waals surface area (Å²) in [5.41, 5.74) is 0.297. The Hall–Kier alpha value is -1.73. The van der Waals surface area contributed by atoms with E-state index >= 15 is 0 Å². The molecular weight excluding hydrogens is 306 g/mol. The van der Waals surface area contributed by atoms with E-state index in [9.17, 15) is 18.0 Å².